The lowest BCUT2D eigenvalue weighted by molar-refractivity contribution is 0.875. The van der Waals surface area contributed by atoms with Crippen LogP contribution < -0.4 is 5.73 Å². The van der Waals surface area contributed by atoms with Gasteiger partial charge in [-0.25, -0.2) is 0 Å². The molecular formula is C29H36N2. The molecule has 0 spiro atoms. The molecule has 0 heterocycles. The summed E-state index contributed by atoms with van der Waals surface area (Å²) in [7, 11) is 0. The molecule has 3 rings (SSSR count). The Morgan fingerprint density at radius 3 is 2.39 bits per heavy atom. The van der Waals surface area contributed by atoms with Gasteiger partial charge < -0.3 is 5.73 Å². The fourth-order valence-corrected chi connectivity index (χ4v) is 3.38. The standard InChI is InChI=1S/C24H25N.C5H11N/c1-18-17-23(19(2)21-11-7-4-5-8-12-21)15-16-24(18)25-20(3)22-13-9-6-10-14-22;1-3-4-5(2)6/h6-7,9-17H,2,4-5,8H2,1,3H3;2-4,6H2,1H3. The van der Waals surface area contributed by atoms with Crippen LogP contribution in [0.5, 0.6) is 0 Å². The molecule has 0 aliphatic heterocycles. The first-order chi connectivity index (χ1) is 14.9. The topological polar surface area (TPSA) is 38.4 Å². The number of aryl methyl sites for hydroxylation is 1. The van der Waals surface area contributed by atoms with Crippen LogP contribution in [0.3, 0.4) is 0 Å². The normalized spacial score (nSPS) is 13.5. The Hall–Kier alpha value is -3.13. The number of rotatable bonds is 6. The molecule has 2 aromatic rings. The average Bonchev–Trinajstić information content (AvgIpc) is 3.05. The summed E-state index contributed by atoms with van der Waals surface area (Å²) in [6.45, 7) is 14.1. The van der Waals surface area contributed by atoms with E-state index in [2.05, 4.69) is 82.5 Å². The summed E-state index contributed by atoms with van der Waals surface area (Å²) in [6.07, 6.45) is 12.3. The Balaban J connectivity index is 0.000000501. The quantitative estimate of drug-likeness (QED) is 0.478. The van der Waals surface area contributed by atoms with Crippen LogP contribution >= 0.6 is 0 Å². The summed E-state index contributed by atoms with van der Waals surface area (Å²) >= 11 is 0. The second-order valence-electron chi connectivity index (χ2n) is 7.94. The highest BCUT2D eigenvalue weighted by Crippen LogP contribution is 2.29. The molecule has 0 saturated carbocycles. The van der Waals surface area contributed by atoms with Gasteiger partial charge in [-0.3, -0.25) is 4.99 Å². The SMILES string of the molecule is C=C(C1=CCCCC=C1)c1ccc(N=C(C)c2ccccc2)c(C)c1.C=C(N)CCC. The van der Waals surface area contributed by atoms with Crippen LogP contribution in [0.2, 0.25) is 0 Å². The molecule has 2 aromatic carbocycles. The van der Waals surface area contributed by atoms with E-state index >= 15 is 0 Å². The molecule has 0 fully saturated rings. The van der Waals surface area contributed by atoms with E-state index in [0.29, 0.717) is 0 Å². The van der Waals surface area contributed by atoms with Gasteiger partial charge in [0.15, 0.2) is 0 Å². The van der Waals surface area contributed by atoms with E-state index in [1.165, 1.54) is 23.1 Å². The molecule has 31 heavy (non-hydrogen) atoms. The minimum absolute atomic E-state index is 0.789. The number of nitrogens with zero attached hydrogens (tertiary/aromatic N) is 1. The van der Waals surface area contributed by atoms with E-state index in [1.54, 1.807) is 0 Å². The summed E-state index contributed by atoms with van der Waals surface area (Å²) in [6, 6.07) is 16.7. The molecule has 1 aliphatic rings. The third-order valence-electron chi connectivity index (χ3n) is 5.18. The van der Waals surface area contributed by atoms with E-state index < -0.39 is 0 Å². The first-order valence-electron chi connectivity index (χ1n) is 11.1. The maximum Gasteiger partial charge on any atom is 0.0662 e. The van der Waals surface area contributed by atoms with Crippen molar-refractivity contribution >= 4 is 17.0 Å². The van der Waals surface area contributed by atoms with Gasteiger partial charge in [-0.05, 0) is 79.5 Å². The fourth-order valence-electron chi connectivity index (χ4n) is 3.38. The molecule has 0 aromatic heterocycles. The molecule has 0 atom stereocenters. The van der Waals surface area contributed by atoms with Crippen molar-refractivity contribution in [3.8, 4) is 0 Å². The predicted molar refractivity (Wildman–Crippen MR) is 138 cm³/mol. The maximum absolute atomic E-state index is 5.21. The van der Waals surface area contributed by atoms with Crippen molar-refractivity contribution < 1.29 is 0 Å². The van der Waals surface area contributed by atoms with Crippen LogP contribution in [-0.4, -0.2) is 5.71 Å². The van der Waals surface area contributed by atoms with Gasteiger partial charge in [0, 0.05) is 11.4 Å². The summed E-state index contributed by atoms with van der Waals surface area (Å²) in [5.74, 6) is 0. The molecule has 0 radical (unpaired) electrons. The van der Waals surface area contributed by atoms with Gasteiger partial charge in [-0.15, -0.1) is 0 Å². The van der Waals surface area contributed by atoms with Crippen LogP contribution in [0, 0.1) is 6.92 Å². The zero-order valence-electron chi connectivity index (χ0n) is 19.3. The van der Waals surface area contributed by atoms with Crippen LogP contribution in [0.4, 0.5) is 5.69 Å². The molecule has 1 aliphatic carbocycles. The van der Waals surface area contributed by atoms with Gasteiger partial charge in [-0.2, -0.15) is 0 Å². The Morgan fingerprint density at radius 1 is 1.03 bits per heavy atom. The smallest absolute Gasteiger partial charge is 0.0662 e. The van der Waals surface area contributed by atoms with Gasteiger partial charge in [0.2, 0.25) is 0 Å². The molecule has 0 unspecified atom stereocenters. The maximum atomic E-state index is 5.21. The molecule has 0 saturated heterocycles. The van der Waals surface area contributed by atoms with E-state index in [0.717, 1.165) is 53.9 Å². The molecule has 2 nitrogen and oxygen atoms in total. The summed E-state index contributed by atoms with van der Waals surface area (Å²) in [5, 5.41) is 0. The number of hydrogen-bond acceptors (Lipinski definition) is 2. The Morgan fingerprint density at radius 2 is 1.77 bits per heavy atom. The minimum atomic E-state index is 0.789. The van der Waals surface area contributed by atoms with E-state index in [-0.39, 0.29) is 0 Å². The van der Waals surface area contributed by atoms with Crippen molar-refractivity contribution in [2.24, 2.45) is 10.7 Å². The molecule has 0 amide bonds. The Labute approximate surface area is 188 Å². The van der Waals surface area contributed by atoms with Crippen molar-refractivity contribution in [2.45, 2.75) is 52.9 Å². The summed E-state index contributed by atoms with van der Waals surface area (Å²) in [4.78, 5) is 4.82. The number of allylic oxidation sites excluding steroid dienone is 6. The first kappa shape index (κ1) is 24.1. The van der Waals surface area contributed by atoms with Gasteiger partial charge in [0.25, 0.3) is 0 Å². The highest BCUT2D eigenvalue weighted by Gasteiger charge is 2.07. The lowest BCUT2D eigenvalue weighted by Gasteiger charge is -2.10. The molecule has 162 valence electrons. The molecule has 2 N–H and O–H groups in total. The second-order valence-corrected chi connectivity index (χ2v) is 7.94. The van der Waals surface area contributed by atoms with Crippen molar-refractivity contribution in [3.63, 3.8) is 0 Å². The zero-order chi connectivity index (χ0) is 22.6. The Kier molecular flexibility index (Phi) is 9.77. The van der Waals surface area contributed by atoms with E-state index in [1.807, 2.05) is 18.2 Å². The van der Waals surface area contributed by atoms with Gasteiger partial charge in [0.1, 0.15) is 0 Å². The van der Waals surface area contributed by atoms with Crippen LogP contribution in [-0.2, 0) is 0 Å². The molecule has 2 heteroatoms. The largest absolute Gasteiger partial charge is 0.403 e. The third-order valence-corrected chi connectivity index (χ3v) is 5.18. The number of benzene rings is 2. The zero-order valence-corrected chi connectivity index (χ0v) is 19.3. The predicted octanol–water partition coefficient (Wildman–Crippen LogP) is 8.07. The number of aliphatic imine (C=N–C) groups is 1. The third kappa shape index (κ3) is 7.90. The number of nitrogens with two attached hydrogens (primary N) is 1. The minimum Gasteiger partial charge on any atom is -0.403 e. The van der Waals surface area contributed by atoms with Crippen LogP contribution in [0.1, 0.15) is 62.6 Å². The lowest BCUT2D eigenvalue weighted by Crippen LogP contribution is -1.94. The van der Waals surface area contributed by atoms with Crippen molar-refractivity contribution in [3.05, 3.63) is 108 Å². The van der Waals surface area contributed by atoms with Crippen molar-refractivity contribution in [1.29, 1.82) is 0 Å². The summed E-state index contributed by atoms with van der Waals surface area (Å²) < 4.78 is 0. The van der Waals surface area contributed by atoms with Gasteiger partial charge in [-0.1, -0.05) is 81.1 Å². The second kappa shape index (κ2) is 12.5. The fraction of sp³-hybridized carbons (Fsp3) is 0.276. The average molecular weight is 413 g/mol. The van der Waals surface area contributed by atoms with Crippen LogP contribution in [0.25, 0.3) is 5.57 Å². The van der Waals surface area contributed by atoms with E-state index in [4.69, 9.17) is 10.7 Å². The van der Waals surface area contributed by atoms with Gasteiger partial charge >= 0.3 is 0 Å². The Bertz CT molecular complexity index is 975. The van der Waals surface area contributed by atoms with Gasteiger partial charge in [0.05, 0.1) is 5.69 Å². The highest BCUT2D eigenvalue weighted by atomic mass is 14.7. The first-order valence-corrected chi connectivity index (χ1v) is 11.1. The monoisotopic (exact) mass is 412 g/mol. The van der Waals surface area contributed by atoms with Crippen LogP contribution in [0.15, 0.2) is 96.2 Å². The molecular weight excluding hydrogens is 376 g/mol. The van der Waals surface area contributed by atoms with Crippen molar-refractivity contribution in [2.75, 3.05) is 0 Å². The van der Waals surface area contributed by atoms with E-state index in [9.17, 15) is 0 Å². The van der Waals surface area contributed by atoms with Crippen molar-refractivity contribution in [1.82, 2.24) is 0 Å². The summed E-state index contributed by atoms with van der Waals surface area (Å²) in [5.41, 5.74) is 13.9. The number of hydrogen-bond donors (Lipinski definition) is 1. The lowest BCUT2D eigenvalue weighted by atomic mass is 9.96. The molecule has 0 bridgehead atoms. The highest BCUT2D eigenvalue weighted by molar-refractivity contribution is 6.00.